The van der Waals surface area contributed by atoms with Crippen LogP contribution in [0.3, 0.4) is 0 Å². The van der Waals surface area contributed by atoms with E-state index in [4.69, 9.17) is 5.73 Å². The van der Waals surface area contributed by atoms with Crippen molar-refractivity contribution in [2.45, 2.75) is 38.3 Å². The molecule has 22 heavy (non-hydrogen) atoms. The van der Waals surface area contributed by atoms with Gasteiger partial charge in [-0.15, -0.1) is 12.4 Å². The average Bonchev–Trinajstić information content (AvgIpc) is 2.81. The fraction of sp³-hybridized carbons (Fsp3) is 0.467. The Balaban J connectivity index is 0.00000242. The zero-order valence-corrected chi connectivity index (χ0v) is 13.2. The lowest BCUT2D eigenvalue weighted by atomic mass is 10.1. The van der Waals surface area contributed by atoms with Crippen molar-refractivity contribution in [3.8, 4) is 0 Å². The van der Waals surface area contributed by atoms with E-state index in [0.717, 1.165) is 6.42 Å². The van der Waals surface area contributed by atoms with E-state index in [9.17, 15) is 14.0 Å². The number of para-hydroxylation sites is 1. The summed E-state index contributed by atoms with van der Waals surface area (Å²) in [4.78, 5) is 25.5. The molecule has 1 fully saturated rings. The molecule has 1 saturated heterocycles. The maximum Gasteiger partial charge on any atom is 0.249 e. The van der Waals surface area contributed by atoms with Gasteiger partial charge in [0.25, 0.3) is 0 Å². The summed E-state index contributed by atoms with van der Waals surface area (Å²) >= 11 is 0. The van der Waals surface area contributed by atoms with E-state index >= 15 is 0 Å². The van der Waals surface area contributed by atoms with Crippen LogP contribution in [0.4, 0.5) is 10.1 Å². The second kappa shape index (κ2) is 8.10. The number of nitrogens with one attached hydrogen (secondary N) is 1. The van der Waals surface area contributed by atoms with Gasteiger partial charge in [0.05, 0.1) is 11.7 Å². The predicted molar refractivity (Wildman–Crippen MR) is 85.4 cm³/mol. The van der Waals surface area contributed by atoms with Crippen LogP contribution in [0.15, 0.2) is 24.3 Å². The largest absolute Gasteiger partial charge is 0.343 e. The Hall–Kier alpha value is -1.66. The van der Waals surface area contributed by atoms with Crippen LogP contribution in [-0.4, -0.2) is 30.4 Å². The minimum absolute atomic E-state index is 0. The van der Waals surface area contributed by atoms with Gasteiger partial charge in [0.1, 0.15) is 11.9 Å². The molecule has 0 radical (unpaired) electrons. The molecule has 2 rings (SSSR count). The smallest absolute Gasteiger partial charge is 0.249 e. The topological polar surface area (TPSA) is 75.4 Å². The Morgan fingerprint density at radius 1 is 1.50 bits per heavy atom. The van der Waals surface area contributed by atoms with Crippen molar-refractivity contribution < 1.29 is 14.0 Å². The molecule has 1 aromatic carbocycles. The number of nitrogens with two attached hydrogens (primary N) is 1. The van der Waals surface area contributed by atoms with E-state index in [1.807, 2.05) is 6.92 Å². The molecule has 0 spiro atoms. The Morgan fingerprint density at radius 2 is 2.18 bits per heavy atom. The fourth-order valence-corrected chi connectivity index (χ4v) is 2.44. The molecule has 1 aliphatic rings. The van der Waals surface area contributed by atoms with Crippen molar-refractivity contribution in [1.29, 1.82) is 0 Å². The van der Waals surface area contributed by atoms with Crippen LogP contribution in [0, 0.1) is 5.82 Å². The van der Waals surface area contributed by atoms with Crippen molar-refractivity contribution in [2.24, 2.45) is 5.73 Å². The van der Waals surface area contributed by atoms with Gasteiger partial charge in [-0.1, -0.05) is 25.5 Å². The quantitative estimate of drug-likeness (QED) is 0.861. The van der Waals surface area contributed by atoms with Gasteiger partial charge >= 0.3 is 0 Å². The molecule has 2 amide bonds. The number of hydrogen-bond acceptors (Lipinski definition) is 3. The van der Waals surface area contributed by atoms with Crippen LogP contribution in [0.5, 0.6) is 0 Å². The van der Waals surface area contributed by atoms with Crippen LogP contribution in [0.2, 0.25) is 0 Å². The number of hydrogen-bond donors (Lipinski definition) is 2. The molecule has 122 valence electrons. The summed E-state index contributed by atoms with van der Waals surface area (Å²) in [7, 11) is 0. The van der Waals surface area contributed by atoms with E-state index in [0.29, 0.717) is 19.4 Å². The summed E-state index contributed by atoms with van der Waals surface area (Å²) in [6, 6.07) is 4.88. The molecule has 7 heteroatoms. The molecule has 5 nitrogen and oxygen atoms in total. The van der Waals surface area contributed by atoms with Crippen molar-refractivity contribution in [1.82, 2.24) is 5.32 Å². The van der Waals surface area contributed by atoms with E-state index in [1.165, 1.54) is 11.0 Å². The summed E-state index contributed by atoms with van der Waals surface area (Å²) in [5, 5.41) is 2.65. The first kappa shape index (κ1) is 18.4. The third kappa shape index (κ3) is 3.96. The number of carbonyl (C=O) groups is 2. The van der Waals surface area contributed by atoms with Crippen LogP contribution in [0.1, 0.15) is 26.2 Å². The summed E-state index contributed by atoms with van der Waals surface area (Å²) in [5.74, 6) is -1.07. The maximum atomic E-state index is 13.7. The number of halogens is 2. The first-order chi connectivity index (χ1) is 10.0. The molecule has 0 aromatic heterocycles. The van der Waals surface area contributed by atoms with Crippen LogP contribution < -0.4 is 16.0 Å². The summed E-state index contributed by atoms with van der Waals surface area (Å²) in [5.41, 5.74) is 5.97. The standard InChI is InChI=1S/C15H20FN3O2.ClH/c1-2-5-11(17)14(20)18-12-8-9-19(15(12)21)13-7-4-3-6-10(13)16;/h3-4,6-7,11-12H,2,5,8-9,17H2,1H3,(H,18,20);1H. The van der Waals surface area contributed by atoms with E-state index < -0.39 is 17.9 Å². The van der Waals surface area contributed by atoms with Gasteiger partial charge in [-0.05, 0) is 25.0 Å². The maximum absolute atomic E-state index is 13.7. The zero-order chi connectivity index (χ0) is 15.4. The highest BCUT2D eigenvalue weighted by molar-refractivity contribution is 6.01. The minimum atomic E-state index is -0.625. The third-order valence-electron chi connectivity index (χ3n) is 3.60. The molecule has 2 unspecified atom stereocenters. The lowest BCUT2D eigenvalue weighted by Crippen LogP contribution is -2.48. The molecule has 3 N–H and O–H groups in total. The Kier molecular flexibility index (Phi) is 6.77. The molecule has 1 heterocycles. The first-order valence-corrected chi connectivity index (χ1v) is 7.16. The Bertz CT molecular complexity index is 541. The number of rotatable bonds is 5. The van der Waals surface area contributed by atoms with Gasteiger partial charge in [-0.25, -0.2) is 4.39 Å². The van der Waals surface area contributed by atoms with E-state index in [-0.39, 0.29) is 29.9 Å². The average molecular weight is 330 g/mol. The number of carbonyl (C=O) groups excluding carboxylic acids is 2. The Labute approximate surface area is 135 Å². The van der Waals surface area contributed by atoms with Crippen molar-refractivity contribution in [3.05, 3.63) is 30.1 Å². The lowest BCUT2D eigenvalue weighted by Gasteiger charge is -2.18. The number of benzene rings is 1. The molecule has 1 aliphatic heterocycles. The van der Waals surface area contributed by atoms with E-state index in [1.54, 1.807) is 18.2 Å². The molecule has 0 aliphatic carbocycles. The normalized spacial score (nSPS) is 18.8. The zero-order valence-electron chi connectivity index (χ0n) is 12.4. The van der Waals surface area contributed by atoms with Gasteiger partial charge in [0.2, 0.25) is 11.8 Å². The highest BCUT2D eigenvalue weighted by atomic mass is 35.5. The Morgan fingerprint density at radius 3 is 2.82 bits per heavy atom. The summed E-state index contributed by atoms with van der Waals surface area (Å²) < 4.78 is 13.7. The van der Waals surface area contributed by atoms with Gasteiger partial charge in [-0.3, -0.25) is 9.59 Å². The van der Waals surface area contributed by atoms with Crippen LogP contribution in [0.25, 0.3) is 0 Å². The molecule has 2 atom stereocenters. The van der Waals surface area contributed by atoms with Crippen LogP contribution in [-0.2, 0) is 9.59 Å². The SMILES string of the molecule is CCCC(N)C(=O)NC1CCN(c2ccccc2F)C1=O.Cl. The fourth-order valence-electron chi connectivity index (χ4n) is 2.44. The minimum Gasteiger partial charge on any atom is -0.343 e. The number of amides is 2. The third-order valence-corrected chi connectivity index (χ3v) is 3.60. The highest BCUT2D eigenvalue weighted by Gasteiger charge is 2.35. The summed E-state index contributed by atoms with van der Waals surface area (Å²) in [6.07, 6.45) is 1.83. The van der Waals surface area contributed by atoms with Crippen molar-refractivity contribution >= 4 is 29.9 Å². The van der Waals surface area contributed by atoms with Gasteiger partial charge in [-0.2, -0.15) is 0 Å². The van der Waals surface area contributed by atoms with Crippen molar-refractivity contribution in [3.63, 3.8) is 0 Å². The van der Waals surface area contributed by atoms with Gasteiger partial charge in [0.15, 0.2) is 0 Å². The van der Waals surface area contributed by atoms with E-state index in [2.05, 4.69) is 5.32 Å². The summed E-state index contributed by atoms with van der Waals surface area (Å²) in [6.45, 7) is 2.32. The number of anilines is 1. The van der Waals surface area contributed by atoms with Gasteiger partial charge in [0, 0.05) is 6.54 Å². The second-order valence-corrected chi connectivity index (χ2v) is 5.19. The van der Waals surface area contributed by atoms with Gasteiger partial charge < -0.3 is 16.0 Å². The molecule has 1 aromatic rings. The monoisotopic (exact) mass is 329 g/mol. The van der Waals surface area contributed by atoms with Crippen LogP contribution >= 0.6 is 12.4 Å². The molecule has 0 saturated carbocycles. The highest BCUT2D eigenvalue weighted by Crippen LogP contribution is 2.24. The predicted octanol–water partition coefficient (Wildman–Crippen LogP) is 1.60. The second-order valence-electron chi connectivity index (χ2n) is 5.19. The molecular formula is C15H21ClFN3O2. The lowest BCUT2D eigenvalue weighted by molar-refractivity contribution is -0.127. The molecular weight excluding hydrogens is 309 g/mol. The van der Waals surface area contributed by atoms with Crippen molar-refractivity contribution in [2.75, 3.05) is 11.4 Å². The first-order valence-electron chi connectivity index (χ1n) is 7.16. The molecule has 0 bridgehead atoms. The number of nitrogens with zero attached hydrogens (tertiary/aromatic N) is 1.